The SMILES string of the molecule is C=C(C)CN1CCC(NC(C)c2ccc(OC)cc2OC)CC1. The van der Waals surface area contributed by atoms with Crippen molar-refractivity contribution < 1.29 is 9.47 Å². The summed E-state index contributed by atoms with van der Waals surface area (Å²) in [6, 6.07) is 6.84. The third kappa shape index (κ3) is 4.98. The Balaban J connectivity index is 1.92. The van der Waals surface area contributed by atoms with Gasteiger partial charge in [-0.3, -0.25) is 4.90 Å². The fourth-order valence-electron chi connectivity index (χ4n) is 3.26. The lowest BCUT2D eigenvalue weighted by Gasteiger charge is -2.34. The lowest BCUT2D eigenvalue weighted by atomic mass is 10.0. The molecule has 1 saturated heterocycles. The van der Waals surface area contributed by atoms with Crippen molar-refractivity contribution in [3.05, 3.63) is 35.9 Å². The van der Waals surface area contributed by atoms with Crippen LogP contribution >= 0.6 is 0 Å². The predicted octanol–water partition coefficient (Wildman–Crippen LogP) is 3.39. The highest BCUT2D eigenvalue weighted by Gasteiger charge is 2.22. The van der Waals surface area contributed by atoms with E-state index in [-0.39, 0.29) is 6.04 Å². The van der Waals surface area contributed by atoms with Gasteiger partial charge in [0.25, 0.3) is 0 Å². The molecule has 0 aromatic heterocycles. The Morgan fingerprint density at radius 2 is 2.00 bits per heavy atom. The first-order valence-electron chi connectivity index (χ1n) is 8.38. The monoisotopic (exact) mass is 318 g/mol. The summed E-state index contributed by atoms with van der Waals surface area (Å²) in [4.78, 5) is 2.49. The van der Waals surface area contributed by atoms with E-state index < -0.39 is 0 Å². The molecule has 4 nitrogen and oxygen atoms in total. The van der Waals surface area contributed by atoms with Crippen LogP contribution in [0.1, 0.15) is 38.3 Å². The van der Waals surface area contributed by atoms with Crippen LogP contribution in [-0.2, 0) is 0 Å². The van der Waals surface area contributed by atoms with Crippen molar-refractivity contribution in [2.75, 3.05) is 33.9 Å². The molecule has 1 fully saturated rings. The number of methoxy groups -OCH3 is 2. The summed E-state index contributed by atoms with van der Waals surface area (Å²) in [5, 5.41) is 3.75. The van der Waals surface area contributed by atoms with Gasteiger partial charge in [0, 0.05) is 30.3 Å². The average molecular weight is 318 g/mol. The number of ether oxygens (including phenoxy) is 2. The molecule has 0 saturated carbocycles. The number of nitrogens with one attached hydrogen (secondary N) is 1. The summed E-state index contributed by atoms with van der Waals surface area (Å²) in [6.07, 6.45) is 2.35. The summed E-state index contributed by atoms with van der Waals surface area (Å²) in [6.45, 7) is 11.6. The highest BCUT2D eigenvalue weighted by molar-refractivity contribution is 5.42. The maximum Gasteiger partial charge on any atom is 0.127 e. The van der Waals surface area contributed by atoms with Crippen LogP contribution in [0, 0.1) is 0 Å². The van der Waals surface area contributed by atoms with Crippen LogP contribution in [0.15, 0.2) is 30.4 Å². The van der Waals surface area contributed by atoms with Crippen molar-refractivity contribution >= 4 is 0 Å². The summed E-state index contributed by atoms with van der Waals surface area (Å²) >= 11 is 0. The van der Waals surface area contributed by atoms with Gasteiger partial charge >= 0.3 is 0 Å². The Bertz CT molecular complexity index is 522. The van der Waals surface area contributed by atoms with E-state index in [4.69, 9.17) is 9.47 Å². The number of rotatable bonds is 7. The molecular formula is C19H30N2O2. The van der Waals surface area contributed by atoms with Gasteiger partial charge in [-0.15, -0.1) is 0 Å². The Labute approximate surface area is 140 Å². The second-order valence-electron chi connectivity index (χ2n) is 6.50. The Morgan fingerprint density at radius 3 is 2.57 bits per heavy atom. The molecule has 1 aliphatic heterocycles. The van der Waals surface area contributed by atoms with Gasteiger partial charge in [0.1, 0.15) is 11.5 Å². The number of likely N-dealkylation sites (tertiary alicyclic amines) is 1. The van der Waals surface area contributed by atoms with Crippen molar-refractivity contribution in [3.63, 3.8) is 0 Å². The van der Waals surface area contributed by atoms with Crippen LogP contribution < -0.4 is 14.8 Å². The molecule has 0 radical (unpaired) electrons. The van der Waals surface area contributed by atoms with E-state index in [1.807, 2.05) is 12.1 Å². The topological polar surface area (TPSA) is 33.7 Å². The van der Waals surface area contributed by atoms with E-state index >= 15 is 0 Å². The van der Waals surface area contributed by atoms with Crippen LogP contribution in [-0.4, -0.2) is 44.8 Å². The molecule has 4 heteroatoms. The molecule has 0 bridgehead atoms. The highest BCUT2D eigenvalue weighted by Crippen LogP contribution is 2.30. The zero-order valence-corrected chi connectivity index (χ0v) is 14.9. The largest absolute Gasteiger partial charge is 0.497 e. The molecule has 23 heavy (non-hydrogen) atoms. The first-order chi connectivity index (χ1) is 11.0. The summed E-state index contributed by atoms with van der Waals surface area (Å²) in [7, 11) is 3.38. The van der Waals surface area contributed by atoms with Gasteiger partial charge < -0.3 is 14.8 Å². The Morgan fingerprint density at radius 1 is 1.30 bits per heavy atom. The summed E-state index contributed by atoms with van der Waals surface area (Å²) in [5.41, 5.74) is 2.42. The molecule has 0 aliphatic carbocycles. The average Bonchev–Trinajstić information content (AvgIpc) is 2.55. The predicted molar refractivity (Wildman–Crippen MR) is 95.4 cm³/mol. The van der Waals surface area contributed by atoms with Crippen molar-refractivity contribution in [2.45, 2.75) is 38.8 Å². The van der Waals surface area contributed by atoms with Crippen molar-refractivity contribution in [1.82, 2.24) is 10.2 Å². The molecular weight excluding hydrogens is 288 g/mol. The minimum Gasteiger partial charge on any atom is -0.497 e. The van der Waals surface area contributed by atoms with Gasteiger partial charge in [-0.2, -0.15) is 0 Å². The highest BCUT2D eigenvalue weighted by atomic mass is 16.5. The number of hydrogen-bond acceptors (Lipinski definition) is 4. The van der Waals surface area contributed by atoms with Crippen LogP contribution in [0.25, 0.3) is 0 Å². The molecule has 128 valence electrons. The summed E-state index contributed by atoms with van der Waals surface area (Å²) < 4.78 is 10.8. The van der Waals surface area contributed by atoms with Gasteiger partial charge in [0.2, 0.25) is 0 Å². The van der Waals surface area contributed by atoms with Gasteiger partial charge in [0.15, 0.2) is 0 Å². The Hall–Kier alpha value is -1.52. The first-order valence-corrected chi connectivity index (χ1v) is 8.38. The van der Waals surface area contributed by atoms with Gasteiger partial charge in [-0.1, -0.05) is 18.2 Å². The first kappa shape index (κ1) is 17.8. The molecule has 2 rings (SSSR count). The maximum absolute atomic E-state index is 5.52. The third-order valence-electron chi connectivity index (χ3n) is 4.47. The van der Waals surface area contributed by atoms with Crippen molar-refractivity contribution in [1.29, 1.82) is 0 Å². The second-order valence-corrected chi connectivity index (χ2v) is 6.50. The second kappa shape index (κ2) is 8.37. The van der Waals surface area contributed by atoms with Crippen molar-refractivity contribution in [3.8, 4) is 11.5 Å². The maximum atomic E-state index is 5.52. The number of hydrogen-bond donors (Lipinski definition) is 1. The number of piperidine rings is 1. The molecule has 1 N–H and O–H groups in total. The van der Waals surface area contributed by atoms with Crippen LogP contribution in [0.2, 0.25) is 0 Å². The minimum absolute atomic E-state index is 0.258. The minimum atomic E-state index is 0.258. The number of benzene rings is 1. The molecule has 0 spiro atoms. The molecule has 1 atom stereocenters. The van der Waals surface area contributed by atoms with Crippen molar-refractivity contribution in [2.24, 2.45) is 0 Å². The molecule has 1 heterocycles. The molecule has 1 aromatic rings. The van der Waals surface area contributed by atoms with Gasteiger partial charge in [-0.25, -0.2) is 0 Å². The molecule has 1 unspecified atom stereocenters. The quantitative estimate of drug-likeness (QED) is 0.781. The van der Waals surface area contributed by atoms with Crippen LogP contribution in [0.3, 0.4) is 0 Å². The standard InChI is InChI=1S/C19H30N2O2/c1-14(2)13-21-10-8-16(9-11-21)20-15(3)18-7-6-17(22-4)12-19(18)23-5/h6-7,12,15-16,20H,1,8-11,13H2,2-5H3. The molecule has 0 amide bonds. The zero-order valence-electron chi connectivity index (χ0n) is 14.9. The van der Waals surface area contributed by atoms with E-state index in [1.54, 1.807) is 14.2 Å². The number of nitrogens with zero attached hydrogens (tertiary/aromatic N) is 1. The lowest BCUT2D eigenvalue weighted by Crippen LogP contribution is -2.43. The van der Waals surface area contributed by atoms with E-state index in [9.17, 15) is 0 Å². The van der Waals surface area contributed by atoms with E-state index in [0.717, 1.165) is 31.1 Å². The fourth-order valence-corrected chi connectivity index (χ4v) is 3.26. The third-order valence-corrected chi connectivity index (χ3v) is 4.47. The normalized spacial score (nSPS) is 17.7. The fraction of sp³-hybridized carbons (Fsp3) is 0.579. The van der Waals surface area contributed by atoms with E-state index in [2.05, 4.69) is 36.7 Å². The molecule has 1 aliphatic rings. The van der Waals surface area contributed by atoms with E-state index in [1.165, 1.54) is 24.0 Å². The van der Waals surface area contributed by atoms with Crippen LogP contribution in [0.5, 0.6) is 11.5 Å². The lowest BCUT2D eigenvalue weighted by molar-refractivity contribution is 0.204. The zero-order chi connectivity index (χ0) is 16.8. The smallest absolute Gasteiger partial charge is 0.127 e. The summed E-state index contributed by atoms with van der Waals surface area (Å²) in [5.74, 6) is 1.70. The van der Waals surface area contributed by atoms with Crippen LogP contribution in [0.4, 0.5) is 0 Å². The molecule has 1 aromatic carbocycles. The van der Waals surface area contributed by atoms with Gasteiger partial charge in [0.05, 0.1) is 14.2 Å². The van der Waals surface area contributed by atoms with E-state index in [0.29, 0.717) is 6.04 Å². The van der Waals surface area contributed by atoms with Gasteiger partial charge in [-0.05, 0) is 45.8 Å². The Kier molecular flexibility index (Phi) is 6.48.